The van der Waals surface area contributed by atoms with Crippen molar-refractivity contribution in [3.05, 3.63) is 75.7 Å². The van der Waals surface area contributed by atoms with Crippen molar-refractivity contribution in [2.24, 2.45) is 0 Å². The summed E-state index contributed by atoms with van der Waals surface area (Å²) < 4.78 is 6.70. The van der Waals surface area contributed by atoms with Crippen LogP contribution in [0.2, 0.25) is 5.02 Å². The van der Waals surface area contributed by atoms with Gasteiger partial charge in [-0.3, -0.25) is 9.59 Å². The van der Waals surface area contributed by atoms with Gasteiger partial charge in [0.05, 0.1) is 4.47 Å². The van der Waals surface area contributed by atoms with Crippen molar-refractivity contribution in [2.75, 3.05) is 13.2 Å². The fourth-order valence-corrected chi connectivity index (χ4v) is 4.45. The smallest absolute Gasteiger partial charge is 0.261 e. The summed E-state index contributed by atoms with van der Waals surface area (Å²) >= 11 is 9.95. The van der Waals surface area contributed by atoms with E-state index in [9.17, 15) is 9.59 Å². The van der Waals surface area contributed by atoms with Crippen molar-refractivity contribution in [3.63, 3.8) is 0 Å². The lowest BCUT2D eigenvalue weighted by atomic mass is 10.1. The topological polar surface area (TPSA) is 58.6 Å². The first-order chi connectivity index (χ1) is 16.0. The van der Waals surface area contributed by atoms with Crippen LogP contribution >= 0.6 is 27.5 Å². The van der Waals surface area contributed by atoms with Crippen LogP contribution in [0.1, 0.15) is 32.3 Å². The van der Waals surface area contributed by atoms with Crippen LogP contribution in [0.4, 0.5) is 0 Å². The van der Waals surface area contributed by atoms with E-state index in [0.29, 0.717) is 23.7 Å². The maximum Gasteiger partial charge on any atom is 0.261 e. The van der Waals surface area contributed by atoms with Gasteiger partial charge in [-0.25, -0.2) is 0 Å². The number of fused-ring (bicyclic) bond motifs is 1. The largest absolute Gasteiger partial charge is 0.483 e. The first-order valence-electron chi connectivity index (χ1n) is 11.1. The summed E-state index contributed by atoms with van der Waals surface area (Å²) in [7, 11) is 0. The highest BCUT2D eigenvalue weighted by Crippen LogP contribution is 2.33. The fraction of sp³-hybridized carbons (Fsp3) is 0.308. The van der Waals surface area contributed by atoms with Crippen molar-refractivity contribution >= 4 is 50.1 Å². The minimum absolute atomic E-state index is 0.174. The molecule has 0 bridgehead atoms. The predicted octanol–water partition coefficient (Wildman–Crippen LogP) is 5.97. The zero-order valence-corrected chi connectivity index (χ0v) is 21.2. The zero-order chi connectivity index (χ0) is 23.8. The molecule has 7 heteroatoms. The molecule has 0 aromatic heterocycles. The van der Waals surface area contributed by atoms with Gasteiger partial charge in [0.25, 0.3) is 5.91 Å². The van der Waals surface area contributed by atoms with Crippen molar-refractivity contribution in [1.82, 2.24) is 10.2 Å². The van der Waals surface area contributed by atoms with E-state index in [-0.39, 0.29) is 25.0 Å². The van der Waals surface area contributed by atoms with Crippen molar-refractivity contribution in [3.8, 4) is 5.75 Å². The molecular weight excluding hydrogens is 504 g/mol. The van der Waals surface area contributed by atoms with Gasteiger partial charge in [0.2, 0.25) is 5.91 Å². The monoisotopic (exact) mass is 530 g/mol. The molecule has 0 radical (unpaired) electrons. The van der Waals surface area contributed by atoms with Gasteiger partial charge in [0.15, 0.2) is 6.61 Å². The van der Waals surface area contributed by atoms with Crippen LogP contribution in [0.5, 0.6) is 5.75 Å². The van der Waals surface area contributed by atoms with Crippen LogP contribution < -0.4 is 10.1 Å². The van der Waals surface area contributed by atoms with Crippen LogP contribution in [0, 0.1) is 0 Å². The molecule has 1 N–H and O–H groups in total. The SMILES string of the molecule is CCCNC(=O)[C@@H](CC)N(Cc1ccccc1Cl)C(=O)COc1ccc2ccccc2c1Br. The number of carbonyl (C=O) groups excluding carboxylic acids is 2. The van der Waals surface area contributed by atoms with Gasteiger partial charge in [0, 0.05) is 18.1 Å². The molecule has 0 aliphatic rings. The summed E-state index contributed by atoms with van der Waals surface area (Å²) in [6.45, 7) is 4.47. The summed E-state index contributed by atoms with van der Waals surface area (Å²) in [5.74, 6) is 0.114. The molecule has 0 saturated heterocycles. The Morgan fingerprint density at radius 2 is 1.79 bits per heavy atom. The van der Waals surface area contributed by atoms with Gasteiger partial charge in [-0.05, 0) is 57.2 Å². The highest BCUT2D eigenvalue weighted by molar-refractivity contribution is 9.10. The molecule has 0 heterocycles. The zero-order valence-electron chi connectivity index (χ0n) is 18.8. The minimum atomic E-state index is -0.621. The standard InChI is InChI=1S/C26H28BrClN2O3/c1-3-15-29-26(32)22(4-2)30(16-19-10-6-8-12-21(19)28)24(31)17-33-23-14-13-18-9-5-7-11-20(18)25(23)27/h5-14,22H,3-4,15-17H2,1-2H3,(H,29,32)/t22-/m1/s1. The number of carbonyl (C=O) groups is 2. The van der Waals surface area contributed by atoms with Gasteiger partial charge in [-0.15, -0.1) is 0 Å². The second kappa shape index (κ2) is 12.1. The second-order valence-corrected chi connectivity index (χ2v) is 8.92. The summed E-state index contributed by atoms with van der Waals surface area (Å²) in [6, 6.07) is 18.4. The van der Waals surface area contributed by atoms with Crippen LogP contribution in [0.3, 0.4) is 0 Å². The molecule has 174 valence electrons. The number of hydrogen-bond acceptors (Lipinski definition) is 3. The molecule has 33 heavy (non-hydrogen) atoms. The van der Waals surface area contributed by atoms with Crippen LogP contribution in [0.15, 0.2) is 65.1 Å². The van der Waals surface area contributed by atoms with Gasteiger partial charge < -0.3 is 15.0 Å². The van der Waals surface area contributed by atoms with E-state index in [1.807, 2.05) is 68.4 Å². The molecular formula is C26H28BrClN2O3. The second-order valence-electron chi connectivity index (χ2n) is 7.72. The molecule has 0 spiro atoms. The number of amides is 2. The van der Waals surface area contributed by atoms with Gasteiger partial charge in [-0.1, -0.05) is 74.0 Å². The number of nitrogens with one attached hydrogen (secondary N) is 1. The molecule has 0 unspecified atom stereocenters. The Morgan fingerprint density at radius 1 is 1.06 bits per heavy atom. The van der Waals surface area contributed by atoms with Crippen molar-refractivity contribution in [1.29, 1.82) is 0 Å². The third kappa shape index (κ3) is 6.27. The Labute approximate surface area is 208 Å². The number of nitrogens with zero attached hydrogens (tertiary/aromatic N) is 1. The molecule has 3 aromatic rings. The Hall–Kier alpha value is -2.57. The van der Waals surface area contributed by atoms with Crippen molar-refractivity contribution < 1.29 is 14.3 Å². The molecule has 0 saturated carbocycles. The number of rotatable bonds is 10. The molecule has 2 amide bonds. The van der Waals surface area contributed by atoms with E-state index in [1.54, 1.807) is 11.0 Å². The number of hydrogen-bond donors (Lipinski definition) is 1. The Kier molecular flexibility index (Phi) is 9.15. The van der Waals surface area contributed by atoms with Crippen LogP contribution in [-0.2, 0) is 16.1 Å². The molecule has 0 fully saturated rings. The van der Waals surface area contributed by atoms with E-state index in [1.165, 1.54) is 0 Å². The lowest BCUT2D eigenvalue weighted by Gasteiger charge is -2.31. The van der Waals surface area contributed by atoms with Gasteiger partial charge in [0.1, 0.15) is 11.8 Å². The molecule has 0 aliphatic carbocycles. The summed E-state index contributed by atoms with van der Waals surface area (Å²) in [5.41, 5.74) is 0.779. The fourth-order valence-electron chi connectivity index (χ4n) is 3.64. The van der Waals surface area contributed by atoms with E-state index in [4.69, 9.17) is 16.3 Å². The average molecular weight is 532 g/mol. The Bertz CT molecular complexity index is 1120. The molecule has 5 nitrogen and oxygen atoms in total. The lowest BCUT2D eigenvalue weighted by Crippen LogP contribution is -2.50. The molecule has 1 atom stereocenters. The average Bonchev–Trinajstić information content (AvgIpc) is 2.83. The van der Waals surface area contributed by atoms with E-state index >= 15 is 0 Å². The first-order valence-corrected chi connectivity index (χ1v) is 12.2. The van der Waals surface area contributed by atoms with Crippen LogP contribution in [0.25, 0.3) is 10.8 Å². The molecule has 3 aromatic carbocycles. The maximum atomic E-state index is 13.3. The summed E-state index contributed by atoms with van der Waals surface area (Å²) in [6.07, 6.45) is 1.30. The number of benzene rings is 3. The van der Waals surface area contributed by atoms with Gasteiger partial charge >= 0.3 is 0 Å². The molecule has 0 aliphatic heterocycles. The number of halogens is 2. The van der Waals surface area contributed by atoms with Gasteiger partial charge in [-0.2, -0.15) is 0 Å². The maximum absolute atomic E-state index is 13.3. The summed E-state index contributed by atoms with van der Waals surface area (Å²) in [5, 5.41) is 5.53. The quantitative estimate of drug-likeness (QED) is 0.351. The minimum Gasteiger partial charge on any atom is -0.483 e. The third-order valence-corrected chi connectivity index (χ3v) is 6.60. The first kappa shape index (κ1) is 25.1. The highest BCUT2D eigenvalue weighted by atomic mass is 79.9. The van der Waals surface area contributed by atoms with Crippen molar-refractivity contribution in [2.45, 2.75) is 39.3 Å². The van der Waals surface area contributed by atoms with Crippen LogP contribution in [-0.4, -0.2) is 35.9 Å². The highest BCUT2D eigenvalue weighted by Gasteiger charge is 2.29. The normalized spacial score (nSPS) is 11.8. The van der Waals surface area contributed by atoms with E-state index in [0.717, 1.165) is 27.2 Å². The Morgan fingerprint density at radius 3 is 2.52 bits per heavy atom. The van der Waals surface area contributed by atoms with E-state index < -0.39 is 6.04 Å². The predicted molar refractivity (Wildman–Crippen MR) is 137 cm³/mol. The van der Waals surface area contributed by atoms with E-state index in [2.05, 4.69) is 21.2 Å². The Balaban J connectivity index is 1.83. The lowest BCUT2D eigenvalue weighted by molar-refractivity contribution is -0.143. The molecule has 3 rings (SSSR count). The summed E-state index contributed by atoms with van der Waals surface area (Å²) in [4.78, 5) is 27.7. The third-order valence-electron chi connectivity index (χ3n) is 5.41. The number of ether oxygens (including phenoxy) is 1.